The lowest BCUT2D eigenvalue weighted by atomic mass is 10.1. The van der Waals surface area contributed by atoms with Crippen molar-refractivity contribution in [3.63, 3.8) is 0 Å². The second-order valence-electron chi connectivity index (χ2n) is 7.62. The van der Waals surface area contributed by atoms with Crippen LogP contribution in [0, 0.1) is 0 Å². The molecule has 8 nitrogen and oxygen atoms in total. The highest BCUT2D eigenvalue weighted by molar-refractivity contribution is 7.92. The summed E-state index contributed by atoms with van der Waals surface area (Å²) in [5.74, 6) is -0.507. The van der Waals surface area contributed by atoms with E-state index in [4.69, 9.17) is 9.84 Å². The minimum atomic E-state index is -4.59. The van der Waals surface area contributed by atoms with Gasteiger partial charge in [0.25, 0.3) is 10.0 Å². The van der Waals surface area contributed by atoms with E-state index >= 15 is 0 Å². The van der Waals surface area contributed by atoms with Crippen LogP contribution in [0.1, 0.15) is 24.6 Å². The van der Waals surface area contributed by atoms with Gasteiger partial charge in [-0.1, -0.05) is 0 Å². The molecular formula is C22H20F3N3O5S2. The summed E-state index contributed by atoms with van der Waals surface area (Å²) in [6, 6.07) is 8.44. The van der Waals surface area contributed by atoms with Crippen LogP contribution in [0.25, 0.3) is 21.5 Å². The van der Waals surface area contributed by atoms with Crippen molar-refractivity contribution in [3.05, 3.63) is 53.9 Å². The predicted molar refractivity (Wildman–Crippen MR) is 123 cm³/mol. The highest BCUT2D eigenvalue weighted by Crippen LogP contribution is 2.37. The number of nitrogens with zero attached hydrogens (tertiary/aromatic N) is 3. The monoisotopic (exact) mass is 527 g/mol. The third kappa shape index (κ3) is 4.78. The van der Waals surface area contributed by atoms with Gasteiger partial charge in [0.2, 0.25) is 0 Å². The fourth-order valence-corrected chi connectivity index (χ4v) is 6.43. The van der Waals surface area contributed by atoms with Crippen molar-refractivity contribution in [2.75, 3.05) is 6.61 Å². The Kier molecular flexibility index (Phi) is 6.40. The van der Waals surface area contributed by atoms with E-state index in [1.54, 1.807) is 25.1 Å². The maximum atomic E-state index is 13.5. The van der Waals surface area contributed by atoms with E-state index in [1.807, 2.05) is 0 Å². The Morgan fingerprint density at radius 3 is 2.57 bits per heavy atom. The second kappa shape index (κ2) is 9.04. The van der Waals surface area contributed by atoms with E-state index in [0.717, 1.165) is 21.4 Å². The number of carboxylic acids is 1. The lowest BCUT2D eigenvalue weighted by Gasteiger charge is -2.07. The maximum Gasteiger partial charge on any atom is 0.433 e. The molecule has 4 rings (SSSR count). The van der Waals surface area contributed by atoms with Gasteiger partial charge in [0.1, 0.15) is 21.3 Å². The van der Waals surface area contributed by atoms with Gasteiger partial charge in [-0.2, -0.15) is 26.7 Å². The number of carbonyl (C=O) groups is 1. The van der Waals surface area contributed by atoms with Crippen LogP contribution >= 0.6 is 11.3 Å². The van der Waals surface area contributed by atoms with Gasteiger partial charge in [-0.25, -0.2) is 3.97 Å². The molecule has 1 N–H and O–H groups in total. The fourth-order valence-electron chi connectivity index (χ4n) is 3.69. The Morgan fingerprint density at radius 1 is 1.20 bits per heavy atom. The molecule has 35 heavy (non-hydrogen) atoms. The van der Waals surface area contributed by atoms with Gasteiger partial charge < -0.3 is 9.84 Å². The van der Waals surface area contributed by atoms with Crippen LogP contribution < -0.4 is 4.74 Å². The predicted octanol–water partition coefficient (Wildman–Crippen LogP) is 4.78. The summed E-state index contributed by atoms with van der Waals surface area (Å²) in [6.07, 6.45) is -3.31. The van der Waals surface area contributed by atoms with Crippen LogP contribution in [0.3, 0.4) is 0 Å². The SMILES string of the molecule is CCOc1ccc2c(c1)c(CCC(=O)O)cn2S(=O)(=O)c1ccc(-c2cc(C(F)(F)F)n(C)n2)s1. The summed E-state index contributed by atoms with van der Waals surface area (Å²) >= 11 is 0.797. The lowest BCUT2D eigenvalue weighted by molar-refractivity contribution is -0.143. The van der Waals surface area contributed by atoms with Gasteiger partial charge in [0, 0.05) is 25.1 Å². The summed E-state index contributed by atoms with van der Waals surface area (Å²) in [6.45, 7) is 2.20. The number of halogens is 3. The van der Waals surface area contributed by atoms with Gasteiger partial charge in [-0.15, -0.1) is 11.3 Å². The number of hydrogen-bond acceptors (Lipinski definition) is 6. The van der Waals surface area contributed by atoms with Gasteiger partial charge >= 0.3 is 12.1 Å². The van der Waals surface area contributed by atoms with Crippen LogP contribution in [0.5, 0.6) is 5.75 Å². The highest BCUT2D eigenvalue weighted by Gasteiger charge is 2.35. The molecule has 0 saturated heterocycles. The van der Waals surface area contributed by atoms with Crippen LogP contribution in [0.15, 0.2) is 46.8 Å². The number of aliphatic carboxylic acids is 1. The Morgan fingerprint density at radius 2 is 1.94 bits per heavy atom. The van der Waals surface area contributed by atoms with Crippen molar-refractivity contribution >= 4 is 38.2 Å². The molecule has 0 saturated carbocycles. The molecule has 0 fully saturated rings. The van der Waals surface area contributed by atoms with E-state index in [9.17, 15) is 26.4 Å². The molecule has 0 radical (unpaired) electrons. The Labute approximate surface area is 202 Å². The van der Waals surface area contributed by atoms with Gasteiger partial charge in [0.05, 0.1) is 17.0 Å². The number of aryl methyl sites for hydroxylation is 2. The largest absolute Gasteiger partial charge is 0.494 e. The van der Waals surface area contributed by atoms with E-state index in [1.165, 1.54) is 25.4 Å². The molecule has 1 aromatic carbocycles. The second-order valence-corrected chi connectivity index (χ2v) is 10.7. The van der Waals surface area contributed by atoms with Crippen molar-refractivity contribution in [1.29, 1.82) is 0 Å². The molecule has 3 heterocycles. The molecular weight excluding hydrogens is 507 g/mol. The van der Waals surface area contributed by atoms with Crippen LogP contribution in [0.4, 0.5) is 13.2 Å². The molecule has 4 aromatic rings. The average molecular weight is 528 g/mol. The van der Waals surface area contributed by atoms with Gasteiger partial charge in [-0.05, 0) is 55.3 Å². The number of aromatic nitrogens is 3. The molecule has 0 bridgehead atoms. The lowest BCUT2D eigenvalue weighted by Crippen LogP contribution is -2.11. The fraction of sp³-hybridized carbons (Fsp3) is 0.273. The number of rotatable bonds is 8. The van der Waals surface area contributed by atoms with Crippen LogP contribution in [-0.4, -0.2) is 39.9 Å². The first-order chi connectivity index (χ1) is 16.4. The molecule has 3 aromatic heterocycles. The quantitative estimate of drug-likeness (QED) is 0.354. The zero-order valence-electron chi connectivity index (χ0n) is 18.5. The first-order valence-electron chi connectivity index (χ1n) is 10.4. The standard InChI is InChI=1S/C22H20F3N3O5S2/c1-3-33-14-5-6-17-15(10-14)13(4-8-20(29)30)12-28(17)35(31,32)21-9-7-18(34-21)16-11-19(22(23,24)25)27(2)26-16/h5-7,9-12H,3-4,8H2,1-2H3,(H,29,30). The summed E-state index contributed by atoms with van der Waals surface area (Å²) in [5, 5.41) is 13.5. The van der Waals surface area contributed by atoms with E-state index in [-0.39, 0.29) is 27.6 Å². The van der Waals surface area contributed by atoms with E-state index in [2.05, 4.69) is 5.10 Å². The summed E-state index contributed by atoms with van der Waals surface area (Å²) in [5.41, 5.74) is -0.0909. The Balaban J connectivity index is 1.77. The molecule has 0 atom stereocenters. The maximum absolute atomic E-state index is 13.5. The Bertz CT molecular complexity index is 1520. The smallest absolute Gasteiger partial charge is 0.433 e. The van der Waals surface area contributed by atoms with Crippen LogP contribution in [0.2, 0.25) is 0 Å². The molecule has 13 heteroatoms. The number of carboxylic acid groups (broad SMARTS) is 1. The van der Waals surface area contributed by atoms with Crippen molar-refractivity contribution in [3.8, 4) is 16.3 Å². The summed E-state index contributed by atoms with van der Waals surface area (Å²) in [7, 11) is -2.97. The highest BCUT2D eigenvalue weighted by atomic mass is 32.2. The van der Waals surface area contributed by atoms with Gasteiger partial charge in [-0.3, -0.25) is 9.48 Å². The number of hydrogen-bond donors (Lipinski definition) is 1. The molecule has 0 aliphatic rings. The number of ether oxygens (including phenoxy) is 1. The number of benzene rings is 1. The summed E-state index contributed by atoms with van der Waals surface area (Å²) in [4.78, 5) is 11.4. The normalized spacial score (nSPS) is 12.4. The zero-order chi connectivity index (χ0) is 25.5. The molecule has 0 amide bonds. The summed E-state index contributed by atoms with van der Waals surface area (Å²) < 4.78 is 73.6. The average Bonchev–Trinajstić information content (AvgIpc) is 3.49. The Hall–Kier alpha value is -3.32. The van der Waals surface area contributed by atoms with Crippen molar-refractivity contribution in [2.45, 2.75) is 30.2 Å². The molecule has 0 aliphatic heterocycles. The molecule has 0 spiro atoms. The van der Waals surface area contributed by atoms with E-state index < -0.39 is 27.9 Å². The third-order valence-corrected chi connectivity index (χ3v) is 8.51. The first-order valence-corrected chi connectivity index (χ1v) is 12.6. The van der Waals surface area contributed by atoms with Gasteiger partial charge in [0.15, 0.2) is 0 Å². The van der Waals surface area contributed by atoms with Crippen molar-refractivity contribution in [1.82, 2.24) is 13.8 Å². The van der Waals surface area contributed by atoms with Crippen molar-refractivity contribution < 1.29 is 36.2 Å². The third-order valence-electron chi connectivity index (χ3n) is 5.26. The number of thiophene rings is 1. The zero-order valence-corrected chi connectivity index (χ0v) is 20.2. The topological polar surface area (TPSA) is 103 Å². The molecule has 0 aliphatic carbocycles. The molecule has 186 valence electrons. The molecule has 0 unspecified atom stereocenters. The first kappa shape index (κ1) is 24.8. The number of fused-ring (bicyclic) bond motifs is 1. The number of alkyl halides is 3. The minimum Gasteiger partial charge on any atom is -0.494 e. The van der Waals surface area contributed by atoms with E-state index in [0.29, 0.717) is 33.5 Å². The van der Waals surface area contributed by atoms with Crippen molar-refractivity contribution in [2.24, 2.45) is 7.05 Å². The minimum absolute atomic E-state index is 0.00661. The van der Waals surface area contributed by atoms with Crippen LogP contribution in [-0.2, 0) is 34.5 Å².